The van der Waals surface area contributed by atoms with E-state index in [-0.39, 0.29) is 11.5 Å². The fraction of sp³-hybridized carbons (Fsp3) is 0.333. The standard InChI is InChI=1S/C21H21NO5S/c1-4-27-20(23)21(13-22)18(15-7-9-16(26-3)10-8-15)19(21)28(24,25)17-11-5-14(2)6-12-17/h5-12,18-19H,4H2,1-3H3/t18-,19-,21-/m1/s1. The Bertz CT molecular complexity index is 1020. The van der Waals surface area contributed by atoms with Crippen LogP contribution in [0.4, 0.5) is 0 Å². The van der Waals surface area contributed by atoms with Crippen LogP contribution in [0.15, 0.2) is 53.4 Å². The Balaban J connectivity index is 2.11. The maximum atomic E-state index is 13.3. The first-order valence-electron chi connectivity index (χ1n) is 8.86. The molecule has 3 atom stereocenters. The Morgan fingerprint density at radius 1 is 1.14 bits per heavy atom. The number of nitrogens with zero attached hydrogens (tertiary/aromatic N) is 1. The minimum atomic E-state index is -3.93. The van der Waals surface area contributed by atoms with Gasteiger partial charge in [0.05, 0.1) is 24.7 Å². The number of rotatable bonds is 6. The molecule has 0 aromatic heterocycles. The van der Waals surface area contributed by atoms with Gasteiger partial charge >= 0.3 is 5.97 Å². The normalized spacial score (nSPS) is 23.5. The Kier molecular flexibility index (Phi) is 5.18. The fourth-order valence-corrected chi connectivity index (χ4v) is 5.82. The summed E-state index contributed by atoms with van der Waals surface area (Å²) in [5.41, 5.74) is -0.275. The highest BCUT2D eigenvalue weighted by Crippen LogP contribution is 2.64. The molecule has 1 aliphatic carbocycles. The third kappa shape index (κ3) is 3.04. The van der Waals surface area contributed by atoms with Crippen molar-refractivity contribution in [2.24, 2.45) is 5.41 Å². The summed E-state index contributed by atoms with van der Waals surface area (Å²) in [6.07, 6.45) is 0. The molecule has 7 heteroatoms. The number of carbonyl (C=O) groups excluding carboxylic acids is 1. The number of methoxy groups -OCH3 is 1. The first kappa shape index (κ1) is 19.9. The molecule has 6 nitrogen and oxygen atoms in total. The Hall–Kier alpha value is -2.85. The highest BCUT2D eigenvalue weighted by molar-refractivity contribution is 7.92. The minimum Gasteiger partial charge on any atom is -0.497 e. The van der Waals surface area contributed by atoms with Gasteiger partial charge in [-0.25, -0.2) is 8.42 Å². The van der Waals surface area contributed by atoms with Gasteiger partial charge in [0.2, 0.25) is 0 Å². The molecule has 28 heavy (non-hydrogen) atoms. The van der Waals surface area contributed by atoms with Crippen LogP contribution in [0.2, 0.25) is 0 Å². The van der Waals surface area contributed by atoms with Crippen molar-refractivity contribution < 1.29 is 22.7 Å². The van der Waals surface area contributed by atoms with Crippen molar-refractivity contribution in [3.8, 4) is 11.8 Å². The molecular formula is C21H21NO5S. The molecule has 2 aromatic rings. The SMILES string of the molecule is CCOC(=O)[C@]1(C#N)[C@H](c2ccc(OC)cc2)[C@H]1S(=O)(=O)c1ccc(C)cc1. The van der Waals surface area contributed by atoms with Crippen molar-refractivity contribution in [2.75, 3.05) is 13.7 Å². The lowest BCUT2D eigenvalue weighted by molar-refractivity contribution is -0.147. The van der Waals surface area contributed by atoms with Gasteiger partial charge in [0.1, 0.15) is 11.0 Å². The Morgan fingerprint density at radius 3 is 2.25 bits per heavy atom. The number of hydrogen-bond donors (Lipinski definition) is 0. The van der Waals surface area contributed by atoms with Gasteiger partial charge in [-0.2, -0.15) is 5.26 Å². The molecule has 1 fully saturated rings. The summed E-state index contributed by atoms with van der Waals surface area (Å²) < 4.78 is 36.8. The maximum absolute atomic E-state index is 13.3. The number of carbonyl (C=O) groups is 1. The van der Waals surface area contributed by atoms with Gasteiger partial charge in [-0.05, 0) is 43.7 Å². The summed E-state index contributed by atoms with van der Waals surface area (Å²) in [5.74, 6) is -1.02. The summed E-state index contributed by atoms with van der Waals surface area (Å²) >= 11 is 0. The van der Waals surface area contributed by atoms with Crippen LogP contribution >= 0.6 is 0 Å². The number of ether oxygens (including phenoxy) is 2. The van der Waals surface area contributed by atoms with E-state index in [0.29, 0.717) is 11.3 Å². The summed E-state index contributed by atoms with van der Waals surface area (Å²) in [6.45, 7) is 3.54. The second-order valence-corrected chi connectivity index (χ2v) is 8.80. The molecule has 146 valence electrons. The van der Waals surface area contributed by atoms with Crippen LogP contribution in [0.5, 0.6) is 5.75 Å². The maximum Gasteiger partial charge on any atom is 0.328 e. The summed E-state index contributed by atoms with van der Waals surface area (Å²) in [4.78, 5) is 12.8. The molecule has 0 bridgehead atoms. The highest BCUT2D eigenvalue weighted by Gasteiger charge is 2.77. The highest BCUT2D eigenvalue weighted by atomic mass is 32.2. The third-order valence-corrected chi connectivity index (χ3v) is 7.33. The second-order valence-electron chi connectivity index (χ2n) is 6.73. The van der Waals surface area contributed by atoms with Gasteiger partial charge < -0.3 is 9.47 Å². The van der Waals surface area contributed by atoms with Gasteiger partial charge in [-0.3, -0.25) is 4.79 Å². The lowest BCUT2D eigenvalue weighted by Gasteiger charge is -2.09. The number of benzene rings is 2. The lowest BCUT2D eigenvalue weighted by atomic mass is 10.0. The van der Waals surface area contributed by atoms with E-state index in [9.17, 15) is 18.5 Å². The molecule has 0 aliphatic heterocycles. The molecule has 0 saturated heterocycles. The fourth-order valence-electron chi connectivity index (χ4n) is 3.58. The second kappa shape index (κ2) is 7.28. The zero-order chi connectivity index (χ0) is 20.5. The molecule has 0 spiro atoms. The van der Waals surface area contributed by atoms with E-state index >= 15 is 0 Å². The third-order valence-electron chi connectivity index (χ3n) is 5.09. The number of nitriles is 1. The van der Waals surface area contributed by atoms with Crippen LogP contribution in [-0.4, -0.2) is 33.4 Å². The number of hydrogen-bond acceptors (Lipinski definition) is 6. The van der Waals surface area contributed by atoms with Gasteiger partial charge in [-0.15, -0.1) is 0 Å². The van der Waals surface area contributed by atoms with Crippen LogP contribution in [0.25, 0.3) is 0 Å². The van der Waals surface area contributed by atoms with Crippen molar-refractivity contribution in [1.29, 1.82) is 5.26 Å². The summed E-state index contributed by atoms with van der Waals surface area (Å²) in [7, 11) is -2.41. The summed E-state index contributed by atoms with van der Waals surface area (Å²) in [6, 6.07) is 15.1. The number of esters is 1. The van der Waals surface area contributed by atoms with Crippen LogP contribution in [0.1, 0.15) is 24.0 Å². The van der Waals surface area contributed by atoms with Crippen molar-refractivity contribution >= 4 is 15.8 Å². The summed E-state index contributed by atoms with van der Waals surface area (Å²) in [5, 5.41) is 8.66. The van der Waals surface area contributed by atoms with Crippen molar-refractivity contribution in [3.63, 3.8) is 0 Å². The largest absolute Gasteiger partial charge is 0.497 e. The predicted molar refractivity (Wildman–Crippen MR) is 103 cm³/mol. The first-order chi connectivity index (χ1) is 13.3. The molecule has 0 heterocycles. The topological polar surface area (TPSA) is 93.5 Å². The van der Waals surface area contributed by atoms with Crippen molar-refractivity contribution in [2.45, 2.75) is 29.9 Å². The van der Waals surface area contributed by atoms with Crippen LogP contribution < -0.4 is 4.74 Å². The van der Waals surface area contributed by atoms with Crippen LogP contribution in [0, 0.1) is 23.7 Å². The van der Waals surface area contributed by atoms with Gasteiger partial charge in [0, 0.05) is 5.92 Å². The quantitative estimate of drug-likeness (QED) is 0.693. The zero-order valence-corrected chi connectivity index (χ0v) is 16.7. The van der Waals surface area contributed by atoms with E-state index in [4.69, 9.17) is 9.47 Å². The molecule has 3 rings (SSSR count). The zero-order valence-electron chi connectivity index (χ0n) is 15.9. The smallest absolute Gasteiger partial charge is 0.328 e. The molecule has 0 amide bonds. The lowest BCUT2D eigenvalue weighted by Crippen LogP contribution is -2.25. The predicted octanol–water partition coefficient (Wildman–Crippen LogP) is 3.02. The van der Waals surface area contributed by atoms with Gasteiger partial charge in [0.15, 0.2) is 15.3 Å². The number of sulfone groups is 1. The molecule has 0 radical (unpaired) electrons. The molecular weight excluding hydrogens is 378 g/mol. The van der Waals surface area contributed by atoms with Gasteiger partial charge in [0.25, 0.3) is 0 Å². The molecule has 0 N–H and O–H groups in total. The van der Waals surface area contributed by atoms with Gasteiger partial charge in [-0.1, -0.05) is 29.8 Å². The average molecular weight is 399 g/mol. The van der Waals surface area contributed by atoms with E-state index in [1.54, 1.807) is 43.3 Å². The average Bonchev–Trinajstić information content (AvgIpc) is 3.40. The molecule has 1 aliphatic rings. The Morgan fingerprint density at radius 2 is 1.75 bits per heavy atom. The molecule has 0 unspecified atom stereocenters. The first-order valence-corrected chi connectivity index (χ1v) is 10.4. The van der Waals surface area contributed by atoms with Crippen molar-refractivity contribution in [1.82, 2.24) is 0 Å². The van der Waals surface area contributed by atoms with E-state index < -0.39 is 32.4 Å². The van der Waals surface area contributed by atoms with Crippen molar-refractivity contribution in [3.05, 3.63) is 59.7 Å². The molecule has 1 saturated carbocycles. The minimum absolute atomic E-state index is 0.0644. The number of aryl methyl sites for hydroxylation is 1. The van der Waals surface area contributed by atoms with E-state index in [1.807, 2.05) is 13.0 Å². The van der Waals surface area contributed by atoms with E-state index in [1.165, 1.54) is 19.2 Å². The van der Waals surface area contributed by atoms with E-state index in [2.05, 4.69) is 0 Å². The Labute approximate surface area is 164 Å². The molecule has 2 aromatic carbocycles. The monoisotopic (exact) mass is 399 g/mol. The van der Waals surface area contributed by atoms with Crippen LogP contribution in [0.3, 0.4) is 0 Å². The van der Waals surface area contributed by atoms with Crippen LogP contribution in [-0.2, 0) is 19.4 Å². The van der Waals surface area contributed by atoms with E-state index in [0.717, 1.165) is 5.56 Å².